The summed E-state index contributed by atoms with van der Waals surface area (Å²) in [5.74, 6) is 1.56. The molecule has 3 heterocycles. The molecule has 28 heavy (non-hydrogen) atoms. The van der Waals surface area contributed by atoms with Gasteiger partial charge in [-0.15, -0.1) is 0 Å². The molecule has 4 rings (SSSR count). The van der Waals surface area contributed by atoms with E-state index in [0.29, 0.717) is 29.9 Å². The van der Waals surface area contributed by atoms with E-state index in [-0.39, 0.29) is 5.91 Å². The van der Waals surface area contributed by atoms with E-state index in [1.54, 1.807) is 10.9 Å². The fraction of sp³-hybridized carbons (Fsp3) is 0.400. The zero-order valence-corrected chi connectivity index (χ0v) is 16.1. The Morgan fingerprint density at radius 3 is 2.68 bits per heavy atom. The predicted octanol–water partition coefficient (Wildman–Crippen LogP) is 2.42. The van der Waals surface area contributed by atoms with Gasteiger partial charge in [-0.1, -0.05) is 18.2 Å². The molecule has 0 spiro atoms. The maximum Gasteiger partial charge on any atom is 0.266 e. The number of anilines is 1. The van der Waals surface area contributed by atoms with Crippen LogP contribution in [-0.4, -0.2) is 45.5 Å². The number of rotatable bonds is 5. The Bertz CT molecular complexity index is 941. The number of nitrogens with zero attached hydrogens (tertiary/aromatic N) is 5. The van der Waals surface area contributed by atoms with Gasteiger partial charge in [0.05, 0.1) is 11.8 Å². The van der Waals surface area contributed by atoms with Gasteiger partial charge in [-0.05, 0) is 43.0 Å². The van der Waals surface area contributed by atoms with Gasteiger partial charge in [0, 0.05) is 37.9 Å². The van der Waals surface area contributed by atoms with E-state index in [0.717, 1.165) is 37.2 Å². The monoisotopic (exact) mass is 380 g/mol. The zero-order chi connectivity index (χ0) is 19.5. The van der Waals surface area contributed by atoms with Crippen molar-refractivity contribution in [3.8, 4) is 11.5 Å². The molecule has 1 N–H and O–H groups in total. The summed E-state index contributed by atoms with van der Waals surface area (Å²) in [7, 11) is 1.84. The molecular weight excluding hydrogens is 356 g/mol. The van der Waals surface area contributed by atoms with Crippen molar-refractivity contribution < 1.29 is 9.32 Å². The van der Waals surface area contributed by atoms with Crippen LogP contribution in [0.5, 0.6) is 0 Å². The molecule has 3 aromatic rings. The summed E-state index contributed by atoms with van der Waals surface area (Å²) in [5.41, 5.74) is 2.43. The third-order valence-electron chi connectivity index (χ3n) is 5.36. The lowest BCUT2D eigenvalue weighted by Gasteiger charge is -2.30. The second-order valence-electron chi connectivity index (χ2n) is 7.17. The highest BCUT2D eigenvalue weighted by Crippen LogP contribution is 2.24. The molecule has 146 valence electrons. The van der Waals surface area contributed by atoms with Gasteiger partial charge < -0.3 is 14.7 Å². The molecule has 0 saturated carbocycles. The van der Waals surface area contributed by atoms with Crippen LogP contribution in [0.2, 0.25) is 0 Å². The molecule has 0 bridgehead atoms. The van der Waals surface area contributed by atoms with Crippen molar-refractivity contribution >= 4 is 11.9 Å². The van der Waals surface area contributed by atoms with Crippen molar-refractivity contribution in [2.45, 2.75) is 19.8 Å². The van der Waals surface area contributed by atoms with Crippen LogP contribution in [0.25, 0.3) is 11.5 Å². The highest BCUT2D eigenvalue weighted by atomic mass is 16.5. The summed E-state index contributed by atoms with van der Waals surface area (Å²) in [4.78, 5) is 19.0. The van der Waals surface area contributed by atoms with E-state index in [9.17, 15) is 4.79 Å². The first-order valence-corrected chi connectivity index (χ1v) is 9.52. The minimum absolute atomic E-state index is 0.0568. The maximum atomic E-state index is 12.3. The van der Waals surface area contributed by atoms with Gasteiger partial charge in [0.25, 0.3) is 17.7 Å². The van der Waals surface area contributed by atoms with E-state index in [1.165, 1.54) is 0 Å². The number of carbonyl (C=O) groups excluding carboxylic acids is 1. The van der Waals surface area contributed by atoms with Gasteiger partial charge >= 0.3 is 0 Å². The summed E-state index contributed by atoms with van der Waals surface area (Å²) in [5, 5.41) is 11.3. The Morgan fingerprint density at radius 2 is 2.00 bits per heavy atom. The highest BCUT2D eigenvalue weighted by Gasteiger charge is 2.24. The molecule has 2 aromatic heterocycles. The van der Waals surface area contributed by atoms with Crippen LogP contribution in [0.15, 0.2) is 41.1 Å². The Labute approximate surface area is 163 Å². The average Bonchev–Trinajstić information content (AvgIpc) is 3.35. The number of aromatic nitrogens is 4. The third kappa shape index (κ3) is 3.76. The Hall–Kier alpha value is -3.16. The zero-order valence-electron chi connectivity index (χ0n) is 16.1. The van der Waals surface area contributed by atoms with Crippen LogP contribution >= 0.6 is 0 Å². The molecule has 8 nitrogen and oxygen atoms in total. The van der Waals surface area contributed by atoms with Crippen LogP contribution in [0.3, 0.4) is 0 Å². The topological polar surface area (TPSA) is 89.1 Å². The summed E-state index contributed by atoms with van der Waals surface area (Å²) < 4.78 is 7.11. The van der Waals surface area contributed by atoms with Gasteiger partial charge in [0.15, 0.2) is 0 Å². The first-order chi connectivity index (χ1) is 13.6. The molecule has 0 radical (unpaired) electrons. The lowest BCUT2D eigenvalue weighted by Crippen LogP contribution is -2.39. The van der Waals surface area contributed by atoms with Gasteiger partial charge in [-0.2, -0.15) is 10.1 Å². The van der Waals surface area contributed by atoms with Crippen LogP contribution in [-0.2, 0) is 7.05 Å². The minimum atomic E-state index is -0.0568. The number of hydrogen-bond donors (Lipinski definition) is 1. The summed E-state index contributed by atoms with van der Waals surface area (Å²) in [6, 6.07) is 9.77. The number of piperidine rings is 1. The molecule has 1 amide bonds. The van der Waals surface area contributed by atoms with Crippen molar-refractivity contribution in [3.05, 3.63) is 47.8 Å². The molecule has 0 unspecified atom stereocenters. The number of nitrogens with one attached hydrogen (secondary N) is 1. The summed E-state index contributed by atoms with van der Waals surface area (Å²) >= 11 is 0. The number of aryl methyl sites for hydroxylation is 1. The van der Waals surface area contributed by atoms with E-state index in [2.05, 4.69) is 25.5 Å². The molecule has 1 aliphatic heterocycles. The summed E-state index contributed by atoms with van der Waals surface area (Å²) in [6.45, 7) is 4.26. The quantitative estimate of drug-likeness (QED) is 0.731. The number of carbonyl (C=O) groups is 1. The largest absolute Gasteiger partial charge is 0.352 e. The molecule has 8 heteroatoms. The predicted molar refractivity (Wildman–Crippen MR) is 105 cm³/mol. The van der Waals surface area contributed by atoms with E-state index >= 15 is 0 Å². The average molecular weight is 380 g/mol. The standard InChI is InChI=1S/C20H24N6O2/c1-14-17(13-22-25(14)2)18(27)21-12-15-8-10-26(11-9-15)20-23-19(28-24-20)16-6-4-3-5-7-16/h3-7,13,15H,8-12H2,1-2H3,(H,21,27). The van der Waals surface area contributed by atoms with Crippen LogP contribution < -0.4 is 10.2 Å². The normalized spacial score (nSPS) is 15.0. The first kappa shape index (κ1) is 18.2. The fourth-order valence-electron chi connectivity index (χ4n) is 3.43. The van der Waals surface area contributed by atoms with Crippen molar-refractivity contribution in [1.82, 2.24) is 25.2 Å². The third-order valence-corrected chi connectivity index (χ3v) is 5.36. The van der Waals surface area contributed by atoms with Gasteiger partial charge in [0.1, 0.15) is 0 Å². The molecule has 0 aliphatic carbocycles. The Balaban J connectivity index is 1.29. The van der Waals surface area contributed by atoms with Crippen molar-refractivity contribution in [1.29, 1.82) is 0 Å². The molecule has 0 atom stereocenters. The second kappa shape index (κ2) is 7.84. The smallest absolute Gasteiger partial charge is 0.266 e. The lowest BCUT2D eigenvalue weighted by atomic mass is 9.97. The van der Waals surface area contributed by atoms with Gasteiger partial charge in [0.2, 0.25) is 0 Å². The summed E-state index contributed by atoms with van der Waals surface area (Å²) in [6.07, 6.45) is 3.57. The van der Waals surface area contributed by atoms with Crippen molar-refractivity contribution in [2.75, 3.05) is 24.5 Å². The Morgan fingerprint density at radius 1 is 1.25 bits per heavy atom. The first-order valence-electron chi connectivity index (χ1n) is 9.52. The van der Waals surface area contributed by atoms with E-state index in [4.69, 9.17) is 4.52 Å². The van der Waals surface area contributed by atoms with Crippen molar-refractivity contribution in [2.24, 2.45) is 13.0 Å². The molecule has 1 aromatic carbocycles. The maximum absolute atomic E-state index is 12.3. The number of hydrogen-bond acceptors (Lipinski definition) is 6. The van der Waals surface area contributed by atoms with E-state index in [1.807, 2.05) is 44.3 Å². The molecular formula is C20H24N6O2. The second-order valence-corrected chi connectivity index (χ2v) is 7.17. The van der Waals surface area contributed by atoms with Crippen molar-refractivity contribution in [3.63, 3.8) is 0 Å². The van der Waals surface area contributed by atoms with Crippen LogP contribution in [0.4, 0.5) is 5.95 Å². The SMILES string of the molecule is Cc1c(C(=O)NCC2CCN(c3noc(-c4ccccc4)n3)CC2)cnn1C. The molecule has 1 saturated heterocycles. The lowest BCUT2D eigenvalue weighted by molar-refractivity contribution is 0.0944. The van der Waals surface area contributed by atoms with Crippen LogP contribution in [0, 0.1) is 12.8 Å². The van der Waals surface area contributed by atoms with Crippen LogP contribution in [0.1, 0.15) is 28.9 Å². The number of amides is 1. The highest BCUT2D eigenvalue weighted by molar-refractivity contribution is 5.95. The molecule has 1 aliphatic rings. The Kier molecular flexibility index (Phi) is 5.10. The minimum Gasteiger partial charge on any atom is -0.352 e. The van der Waals surface area contributed by atoms with E-state index < -0.39 is 0 Å². The molecule has 1 fully saturated rings. The fourth-order valence-corrected chi connectivity index (χ4v) is 3.43. The van der Waals surface area contributed by atoms with Gasteiger partial charge in [-0.25, -0.2) is 0 Å². The number of benzene rings is 1. The van der Waals surface area contributed by atoms with Gasteiger partial charge in [-0.3, -0.25) is 9.48 Å².